The molecule has 4 nitrogen and oxygen atoms in total. The van der Waals surface area contributed by atoms with Gasteiger partial charge < -0.3 is 10.1 Å². The molecule has 0 fully saturated rings. The highest BCUT2D eigenvalue weighted by atomic mass is 32.2. The molecule has 0 aliphatic rings. The zero-order valence-corrected chi connectivity index (χ0v) is 12.3. The molecule has 0 aromatic rings. The molecule has 0 saturated carbocycles. The smallest absolute Gasteiger partial charge is 0.151 e. The van der Waals surface area contributed by atoms with Crippen molar-refractivity contribution < 1.29 is 13.2 Å². The van der Waals surface area contributed by atoms with Crippen molar-refractivity contribution in [3.63, 3.8) is 0 Å². The van der Waals surface area contributed by atoms with Gasteiger partial charge in [0.2, 0.25) is 0 Å². The van der Waals surface area contributed by atoms with E-state index in [9.17, 15) is 8.42 Å². The van der Waals surface area contributed by atoms with Crippen LogP contribution in [0.25, 0.3) is 0 Å². The fourth-order valence-electron chi connectivity index (χ4n) is 1.46. The second-order valence-corrected chi connectivity index (χ2v) is 7.26. The van der Waals surface area contributed by atoms with E-state index in [-0.39, 0.29) is 23.5 Å². The molecule has 0 spiro atoms. The average Bonchev–Trinajstić information content (AvgIpc) is 2.13. The highest BCUT2D eigenvalue weighted by molar-refractivity contribution is 7.91. The van der Waals surface area contributed by atoms with Gasteiger partial charge in [0.1, 0.15) is 0 Å². The Morgan fingerprint density at radius 2 is 1.76 bits per heavy atom. The standard InChI is InChI=1S/C12H27NO3S/c1-11(2)10-17(14,15)9-7-13-6-5-8-16-12(3)4/h11-13H,5-10H2,1-4H3. The Morgan fingerprint density at radius 3 is 2.29 bits per heavy atom. The summed E-state index contributed by atoms with van der Waals surface area (Å²) in [6, 6.07) is 0. The third-order valence-corrected chi connectivity index (χ3v) is 4.13. The molecule has 5 heteroatoms. The third kappa shape index (κ3) is 12.1. The lowest BCUT2D eigenvalue weighted by Crippen LogP contribution is -2.27. The van der Waals surface area contributed by atoms with Crippen LogP contribution in [0.2, 0.25) is 0 Å². The highest BCUT2D eigenvalue weighted by Crippen LogP contribution is 1.99. The van der Waals surface area contributed by atoms with E-state index in [0.717, 1.165) is 19.6 Å². The van der Waals surface area contributed by atoms with Gasteiger partial charge in [0.25, 0.3) is 0 Å². The molecule has 0 rings (SSSR count). The van der Waals surface area contributed by atoms with Crippen molar-refractivity contribution in [2.75, 3.05) is 31.2 Å². The first kappa shape index (κ1) is 16.9. The largest absolute Gasteiger partial charge is 0.379 e. The first-order chi connectivity index (χ1) is 7.83. The summed E-state index contributed by atoms with van der Waals surface area (Å²) >= 11 is 0. The molecule has 0 aromatic carbocycles. The minimum atomic E-state index is -2.88. The van der Waals surface area contributed by atoms with Gasteiger partial charge in [0.05, 0.1) is 17.6 Å². The first-order valence-electron chi connectivity index (χ1n) is 6.36. The quantitative estimate of drug-likeness (QED) is 0.608. The summed E-state index contributed by atoms with van der Waals surface area (Å²) in [5.41, 5.74) is 0. The van der Waals surface area contributed by atoms with Crippen LogP contribution in [0.3, 0.4) is 0 Å². The van der Waals surface area contributed by atoms with Crippen LogP contribution in [-0.4, -0.2) is 45.7 Å². The van der Waals surface area contributed by atoms with Crippen LogP contribution in [-0.2, 0) is 14.6 Å². The lowest BCUT2D eigenvalue weighted by Gasteiger charge is -2.09. The molecule has 0 heterocycles. The molecule has 0 aliphatic heterocycles. The van der Waals surface area contributed by atoms with Crippen molar-refractivity contribution in [2.45, 2.75) is 40.2 Å². The molecule has 0 amide bonds. The fraction of sp³-hybridized carbons (Fsp3) is 1.00. The van der Waals surface area contributed by atoms with Gasteiger partial charge in [-0.15, -0.1) is 0 Å². The zero-order chi connectivity index (χ0) is 13.3. The van der Waals surface area contributed by atoms with Crippen LogP contribution in [0.4, 0.5) is 0 Å². The van der Waals surface area contributed by atoms with Gasteiger partial charge in [-0.1, -0.05) is 13.8 Å². The topological polar surface area (TPSA) is 55.4 Å². The molecule has 0 aliphatic carbocycles. The Morgan fingerprint density at radius 1 is 1.12 bits per heavy atom. The number of nitrogens with one attached hydrogen (secondary N) is 1. The molecule has 17 heavy (non-hydrogen) atoms. The van der Waals surface area contributed by atoms with Gasteiger partial charge in [-0.05, 0) is 32.7 Å². The molecular formula is C12H27NO3S. The van der Waals surface area contributed by atoms with E-state index in [1.54, 1.807) is 0 Å². The number of hydrogen-bond donors (Lipinski definition) is 1. The zero-order valence-electron chi connectivity index (χ0n) is 11.5. The molecule has 104 valence electrons. The maximum absolute atomic E-state index is 11.6. The van der Waals surface area contributed by atoms with Gasteiger partial charge in [-0.25, -0.2) is 8.42 Å². The molecule has 1 N–H and O–H groups in total. The second kappa shape index (κ2) is 8.89. The average molecular weight is 265 g/mol. The van der Waals surface area contributed by atoms with Gasteiger partial charge in [0, 0.05) is 13.2 Å². The minimum absolute atomic E-state index is 0.208. The van der Waals surface area contributed by atoms with E-state index in [4.69, 9.17) is 4.74 Å². The van der Waals surface area contributed by atoms with E-state index < -0.39 is 9.84 Å². The lowest BCUT2D eigenvalue weighted by atomic mass is 10.3. The summed E-state index contributed by atoms with van der Waals surface area (Å²) in [4.78, 5) is 0. The van der Waals surface area contributed by atoms with Gasteiger partial charge in [0.15, 0.2) is 9.84 Å². The normalized spacial score (nSPS) is 12.6. The van der Waals surface area contributed by atoms with Crippen molar-refractivity contribution in [3.8, 4) is 0 Å². The summed E-state index contributed by atoms with van der Waals surface area (Å²) in [6.07, 6.45) is 1.18. The Balaban J connectivity index is 3.45. The predicted octanol–water partition coefficient (Wildman–Crippen LogP) is 1.46. The van der Waals surface area contributed by atoms with E-state index >= 15 is 0 Å². The molecular weight excluding hydrogens is 238 g/mol. The van der Waals surface area contributed by atoms with Crippen LogP contribution >= 0.6 is 0 Å². The SMILES string of the molecule is CC(C)CS(=O)(=O)CCNCCCOC(C)C. The van der Waals surface area contributed by atoms with E-state index in [1.807, 2.05) is 27.7 Å². The Bertz CT molecular complexity index is 273. The highest BCUT2D eigenvalue weighted by Gasteiger charge is 2.12. The van der Waals surface area contributed by atoms with Crippen molar-refractivity contribution in [3.05, 3.63) is 0 Å². The summed E-state index contributed by atoms with van der Waals surface area (Å²) in [5.74, 6) is 0.723. The Labute approximate surface area is 106 Å². The minimum Gasteiger partial charge on any atom is -0.379 e. The fourth-order valence-corrected chi connectivity index (χ4v) is 3.10. The summed E-state index contributed by atoms with van der Waals surface area (Å²) in [5, 5.41) is 3.13. The Kier molecular flexibility index (Phi) is 8.82. The van der Waals surface area contributed by atoms with Crippen molar-refractivity contribution >= 4 is 9.84 Å². The van der Waals surface area contributed by atoms with Crippen LogP contribution in [0.15, 0.2) is 0 Å². The summed E-state index contributed by atoms with van der Waals surface area (Å²) in [6.45, 7) is 9.93. The monoisotopic (exact) mass is 265 g/mol. The van der Waals surface area contributed by atoms with Gasteiger partial charge >= 0.3 is 0 Å². The first-order valence-corrected chi connectivity index (χ1v) is 8.18. The van der Waals surface area contributed by atoms with E-state index in [0.29, 0.717) is 6.54 Å². The van der Waals surface area contributed by atoms with Crippen LogP contribution < -0.4 is 5.32 Å². The molecule has 0 saturated heterocycles. The molecule has 0 radical (unpaired) electrons. The molecule has 0 aromatic heterocycles. The molecule has 0 unspecified atom stereocenters. The number of sulfone groups is 1. The maximum Gasteiger partial charge on any atom is 0.151 e. The van der Waals surface area contributed by atoms with E-state index in [1.165, 1.54) is 0 Å². The number of rotatable bonds is 10. The van der Waals surface area contributed by atoms with Crippen LogP contribution in [0, 0.1) is 5.92 Å². The van der Waals surface area contributed by atoms with Gasteiger partial charge in [-0.3, -0.25) is 0 Å². The van der Waals surface area contributed by atoms with Crippen molar-refractivity contribution in [1.29, 1.82) is 0 Å². The summed E-state index contributed by atoms with van der Waals surface area (Å²) in [7, 11) is -2.88. The third-order valence-electron chi connectivity index (χ3n) is 2.13. The summed E-state index contributed by atoms with van der Waals surface area (Å²) < 4.78 is 28.5. The van der Waals surface area contributed by atoms with E-state index in [2.05, 4.69) is 5.32 Å². The van der Waals surface area contributed by atoms with Crippen molar-refractivity contribution in [2.24, 2.45) is 5.92 Å². The number of ether oxygens (including phenoxy) is 1. The second-order valence-electron chi connectivity index (χ2n) is 5.03. The molecule has 0 bridgehead atoms. The van der Waals surface area contributed by atoms with Crippen molar-refractivity contribution in [1.82, 2.24) is 5.32 Å². The lowest BCUT2D eigenvalue weighted by molar-refractivity contribution is 0.0772. The van der Waals surface area contributed by atoms with Gasteiger partial charge in [-0.2, -0.15) is 0 Å². The molecule has 0 atom stereocenters. The number of hydrogen-bond acceptors (Lipinski definition) is 4. The predicted molar refractivity (Wildman–Crippen MR) is 72.1 cm³/mol. The maximum atomic E-state index is 11.6. The van der Waals surface area contributed by atoms with Crippen LogP contribution in [0.1, 0.15) is 34.1 Å². The Hall–Kier alpha value is -0.130. The van der Waals surface area contributed by atoms with Crippen LogP contribution in [0.5, 0.6) is 0 Å².